The smallest absolute Gasteiger partial charge is 0.307 e. The highest BCUT2D eigenvalue weighted by molar-refractivity contribution is 5.70. The molecule has 0 fully saturated rings. The minimum Gasteiger partial charge on any atom is -0.494 e. The standard InChI is InChI=1S/C24H40O3/c1-2-3-4-5-6-7-8-9-10-11-12-13-14-15-20-27-23-18-16-22(17-19-23)21-24(25)26/h16-19H,2-15,20-21H2,1H3,(H,25,26). The van der Waals surface area contributed by atoms with E-state index in [2.05, 4.69) is 6.92 Å². The SMILES string of the molecule is CCCCCCCCCCCCCCCCOc1ccc(CC(=O)O)cc1. The molecule has 27 heavy (non-hydrogen) atoms. The molecule has 3 nitrogen and oxygen atoms in total. The van der Waals surface area contributed by atoms with Crippen LogP contribution < -0.4 is 4.74 Å². The molecule has 0 saturated carbocycles. The number of hydrogen-bond acceptors (Lipinski definition) is 2. The van der Waals surface area contributed by atoms with Crippen molar-refractivity contribution in [1.82, 2.24) is 0 Å². The molecule has 154 valence electrons. The molecule has 0 radical (unpaired) electrons. The summed E-state index contributed by atoms with van der Waals surface area (Å²) in [6.07, 6.45) is 19.1. The van der Waals surface area contributed by atoms with Gasteiger partial charge in [-0.25, -0.2) is 0 Å². The molecule has 0 unspecified atom stereocenters. The van der Waals surface area contributed by atoms with Gasteiger partial charge in [0.1, 0.15) is 5.75 Å². The summed E-state index contributed by atoms with van der Waals surface area (Å²) in [7, 11) is 0. The van der Waals surface area contributed by atoms with Crippen LogP contribution in [0.25, 0.3) is 0 Å². The summed E-state index contributed by atoms with van der Waals surface area (Å²) < 4.78 is 5.73. The monoisotopic (exact) mass is 376 g/mol. The quantitative estimate of drug-likeness (QED) is 0.276. The predicted octanol–water partition coefficient (Wildman–Crippen LogP) is 7.17. The molecule has 1 aromatic rings. The maximum absolute atomic E-state index is 10.7. The molecule has 0 aliphatic heterocycles. The first-order valence-corrected chi connectivity index (χ1v) is 11.2. The number of unbranched alkanes of at least 4 members (excludes halogenated alkanes) is 13. The highest BCUT2D eigenvalue weighted by Gasteiger charge is 2.01. The Kier molecular flexibility index (Phi) is 14.5. The number of benzene rings is 1. The van der Waals surface area contributed by atoms with E-state index in [4.69, 9.17) is 9.84 Å². The van der Waals surface area contributed by atoms with Crippen molar-refractivity contribution >= 4 is 5.97 Å². The molecule has 1 aromatic carbocycles. The Morgan fingerprint density at radius 3 is 1.63 bits per heavy atom. The van der Waals surface area contributed by atoms with Crippen LogP contribution in [0.5, 0.6) is 5.75 Å². The Hall–Kier alpha value is -1.51. The number of carbonyl (C=O) groups is 1. The van der Waals surface area contributed by atoms with E-state index < -0.39 is 5.97 Å². The number of rotatable bonds is 18. The van der Waals surface area contributed by atoms with Crippen molar-refractivity contribution in [2.24, 2.45) is 0 Å². The van der Waals surface area contributed by atoms with Gasteiger partial charge < -0.3 is 9.84 Å². The molecule has 0 bridgehead atoms. The molecule has 0 atom stereocenters. The minimum atomic E-state index is -0.800. The Labute approximate surface area is 166 Å². The topological polar surface area (TPSA) is 46.5 Å². The molecular formula is C24H40O3. The molecule has 0 spiro atoms. The summed E-state index contributed by atoms with van der Waals surface area (Å²) in [6.45, 7) is 3.02. The molecule has 0 aliphatic carbocycles. The summed E-state index contributed by atoms with van der Waals surface area (Å²) >= 11 is 0. The zero-order valence-corrected chi connectivity index (χ0v) is 17.4. The van der Waals surface area contributed by atoms with Gasteiger partial charge in [0, 0.05) is 0 Å². The second kappa shape index (κ2) is 16.6. The highest BCUT2D eigenvalue weighted by atomic mass is 16.5. The van der Waals surface area contributed by atoms with Crippen molar-refractivity contribution in [3.8, 4) is 5.75 Å². The molecule has 1 N–H and O–H groups in total. The lowest BCUT2D eigenvalue weighted by molar-refractivity contribution is -0.136. The molecule has 0 aliphatic rings. The largest absolute Gasteiger partial charge is 0.494 e. The Balaban J connectivity index is 1.84. The normalized spacial score (nSPS) is 10.9. The lowest BCUT2D eigenvalue weighted by Crippen LogP contribution is -2.00. The summed E-state index contributed by atoms with van der Waals surface area (Å²) in [5.41, 5.74) is 0.811. The van der Waals surface area contributed by atoms with E-state index in [0.717, 1.165) is 24.3 Å². The molecule has 0 heterocycles. The number of hydrogen-bond donors (Lipinski definition) is 1. The van der Waals surface area contributed by atoms with Crippen LogP contribution in [0.3, 0.4) is 0 Å². The Morgan fingerprint density at radius 1 is 0.741 bits per heavy atom. The first-order valence-electron chi connectivity index (χ1n) is 11.2. The predicted molar refractivity (Wildman–Crippen MR) is 114 cm³/mol. The minimum absolute atomic E-state index is 0.0687. The van der Waals surface area contributed by atoms with Gasteiger partial charge in [0.2, 0.25) is 0 Å². The zero-order chi connectivity index (χ0) is 19.6. The molecule has 0 aromatic heterocycles. The summed E-state index contributed by atoms with van der Waals surface area (Å²) in [5, 5.41) is 8.76. The fourth-order valence-corrected chi connectivity index (χ4v) is 3.36. The van der Waals surface area contributed by atoms with Crippen LogP contribution in [0.2, 0.25) is 0 Å². The van der Waals surface area contributed by atoms with Crippen LogP contribution in [-0.4, -0.2) is 17.7 Å². The van der Waals surface area contributed by atoms with E-state index in [1.165, 1.54) is 83.5 Å². The summed E-state index contributed by atoms with van der Waals surface area (Å²) in [6, 6.07) is 7.38. The number of ether oxygens (including phenoxy) is 1. The van der Waals surface area contributed by atoms with Crippen molar-refractivity contribution in [2.75, 3.05) is 6.61 Å². The maximum atomic E-state index is 10.7. The van der Waals surface area contributed by atoms with E-state index in [1.54, 1.807) is 0 Å². The molecule has 0 amide bonds. The van der Waals surface area contributed by atoms with Crippen molar-refractivity contribution in [3.05, 3.63) is 29.8 Å². The van der Waals surface area contributed by atoms with Crippen LogP contribution in [0.4, 0.5) is 0 Å². The fourth-order valence-electron chi connectivity index (χ4n) is 3.36. The van der Waals surface area contributed by atoms with Gasteiger partial charge in [-0.05, 0) is 24.1 Å². The lowest BCUT2D eigenvalue weighted by atomic mass is 10.0. The van der Waals surface area contributed by atoms with Gasteiger partial charge >= 0.3 is 5.97 Å². The van der Waals surface area contributed by atoms with E-state index in [0.29, 0.717) is 0 Å². The van der Waals surface area contributed by atoms with Crippen LogP contribution in [-0.2, 0) is 11.2 Å². The van der Waals surface area contributed by atoms with Crippen molar-refractivity contribution < 1.29 is 14.6 Å². The molecule has 3 heteroatoms. The average Bonchev–Trinajstić information content (AvgIpc) is 2.66. The average molecular weight is 377 g/mol. The zero-order valence-electron chi connectivity index (χ0n) is 17.4. The third kappa shape index (κ3) is 14.2. The van der Waals surface area contributed by atoms with Gasteiger partial charge in [0.15, 0.2) is 0 Å². The number of carboxylic acids is 1. The summed E-state index contributed by atoms with van der Waals surface area (Å²) in [4.78, 5) is 10.7. The first kappa shape index (κ1) is 23.5. The molecular weight excluding hydrogens is 336 g/mol. The van der Waals surface area contributed by atoms with Crippen molar-refractivity contribution in [1.29, 1.82) is 0 Å². The van der Waals surface area contributed by atoms with Gasteiger partial charge in [-0.15, -0.1) is 0 Å². The third-order valence-electron chi connectivity index (χ3n) is 5.05. The Bertz CT molecular complexity index is 467. The van der Waals surface area contributed by atoms with E-state index in [-0.39, 0.29) is 6.42 Å². The second-order valence-corrected chi connectivity index (χ2v) is 7.66. The van der Waals surface area contributed by atoms with Crippen LogP contribution in [0.15, 0.2) is 24.3 Å². The van der Waals surface area contributed by atoms with Crippen molar-refractivity contribution in [3.63, 3.8) is 0 Å². The molecule has 1 rings (SSSR count). The third-order valence-corrected chi connectivity index (χ3v) is 5.05. The van der Waals surface area contributed by atoms with E-state index >= 15 is 0 Å². The van der Waals surface area contributed by atoms with E-state index in [9.17, 15) is 4.79 Å². The van der Waals surface area contributed by atoms with Crippen LogP contribution in [0.1, 0.15) is 102 Å². The highest BCUT2D eigenvalue weighted by Crippen LogP contribution is 2.15. The van der Waals surface area contributed by atoms with Gasteiger partial charge in [-0.3, -0.25) is 4.79 Å². The lowest BCUT2D eigenvalue weighted by Gasteiger charge is -2.07. The second-order valence-electron chi connectivity index (χ2n) is 7.66. The maximum Gasteiger partial charge on any atom is 0.307 e. The Morgan fingerprint density at radius 2 is 1.19 bits per heavy atom. The van der Waals surface area contributed by atoms with Crippen LogP contribution >= 0.6 is 0 Å². The number of carboxylic acid groups (broad SMARTS) is 1. The van der Waals surface area contributed by atoms with Gasteiger partial charge in [-0.1, -0.05) is 103 Å². The first-order chi connectivity index (χ1) is 13.2. The van der Waals surface area contributed by atoms with Crippen molar-refractivity contribution in [2.45, 2.75) is 103 Å². The number of aliphatic carboxylic acids is 1. The van der Waals surface area contributed by atoms with Gasteiger partial charge in [-0.2, -0.15) is 0 Å². The van der Waals surface area contributed by atoms with Gasteiger partial charge in [0.05, 0.1) is 13.0 Å². The van der Waals surface area contributed by atoms with Gasteiger partial charge in [0.25, 0.3) is 0 Å². The van der Waals surface area contributed by atoms with Crippen LogP contribution in [0, 0.1) is 0 Å². The van der Waals surface area contributed by atoms with E-state index in [1.807, 2.05) is 24.3 Å². The fraction of sp³-hybridized carbons (Fsp3) is 0.708. The summed E-state index contributed by atoms with van der Waals surface area (Å²) in [5.74, 6) is 0.0323. The molecule has 0 saturated heterocycles.